The van der Waals surface area contributed by atoms with Gasteiger partial charge in [0.15, 0.2) is 5.76 Å². The smallest absolute Gasteiger partial charge is 0.308 e. The molecule has 1 aliphatic rings. The highest BCUT2D eigenvalue weighted by molar-refractivity contribution is 6.20. The number of aromatic hydroxyl groups is 1. The molecular formula is C19H14N2O6. The Morgan fingerprint density at radius 2 is 1.89 bits per heavy atom. The van der Waals surface area contributed by atoms with Crippen molar-refractivity contribution < 1.29 is 28.6 Å². The second-order valence-electron chi connectivity index (χ2n) is 6.01. The van der Waals surface area contributed by atoms with Crippen molar-refractivity contribution in [2.24, 2.45) is 0 Å². The van der Waals surface area contributed by atoms with Gasteiger partial charge >= 0.3 is 5.97 Å². The summed E-state index contributed by atoms with van der Waals surface area (Å²) in [7, 11) is 0. The van der Waals surface area contributed by atoms with Crippen molar-refractivity contribution in [1.29, 1.82) is 0 Å². The van der Waals surface area contributed by atoms with Gasteiger partial charge in [0.05, 0.1) is 5.52 Å². The molecule has 0 spiro atoms. The van der Waals surface area contributed by atoms with Crippen molar-refractivity contribution in [3.8, 4) is 22.8 Å². The summed E-state index contributed by atoms with van der Waals surface area (Å²) in [5.41, 5.74) is 1.14. The van der Waals surface area contributed by atoms with E-state index in [1.165, 1.54) is 6.20 Å². The topological polar surface area (TPSA) is 110 Å². The predicted molar refractivity (Wildman–Crippen MR) is 94.1 cm³/mol. The molecule has 0 aliphatic carbocycles. The number of amides is 2. The van der Waals surface area contributed by atoms with E-state index in [-0.39, 0.29) is 30.2 Å². The zero-order chi connectivity index (χ0) is 19.1. The van der Waals surface area contributed by atoms with Gasteiger partial charge < -0.3 is 14.3 Å². The average molecular weight is 366 g/mol. The molecule has 1 aliphatic heterocycles. The van der Waals surface area contributed by atoms with Crippen LogP contribution in [-0.4, -0.2) is 27.9 Å². The van der Waals surface area contributed by atoms with Gasteiger partial charge in [-0.15, -0.1) is 0 Å². The largest absolute Gasteiger partial charge is 0.502 e. The number of rotatable bonds is 3. The van der Waals surface area contributed by atoms with Crippen molar-refractivity contribution in [3.63, 3.8) is 0 Å². The minimum Gasteiger partial charge on any atom is -0.502 e. The van der Waals surface area contributed by atoms with Crippen LogP contribution in [0, 0.1) is 0 Å². The van der Waals surface area contributed by atoms with Crippen molar-refractivity contribution in [1.82, 2.24) is 4.98 Å². The number of esters is 1. The van der Waals surface area contributed by atoms with Gasteiger partial charge in [-0.2, -0.15) is 0 Å². The maximum absolute atomic E-state index is 12.1. The first-order valence-electron chi connectivity index (χ1n) is 8.21. The molecule has 2 amide bonds. The molecule has 0 atom stereocenters. The SMILES string of the molecule is CC(=O)Oc1c(N2C(=O)CCC2=O)oc(-c2ccnc3ccccc23)c1O. The normalized spacial score (nSPS) is 14.2. The van der Waals surface area contributed by atoms with Gasteiger partial charge in [-0.1, -0.05) is 18.2 Å². The maximum Gasteiger partial charge on any atom is 0.308 e. The van der Waals surface area contributed by atoms with Gasteiger partial charge in [-0.25, -0.2) is 4.90 Å². The predicted octanol–water partition coefficient (Wildman–Crippen LogP) is 2.78. The fraction of sp³-hybridized carbons (Fsp3) is 0.158. The molecule has 0 radical (unpaired) electrons. The lowest BCUT2D eigenvalue weighted by molar-refractivity contribution is -0.132. The second kappa shape index (κ2) is 6.24. The van der Waals surface area contributed by atoms with Crippen LogP contribution in [-0.2, 0) is 14.4 Å². The van der Waals surface area contributed by atoms with Crippen LogP contribution >= 0.6 is 0 Å². The second-order valence-corrected chi connectivity index (χ2v) is 6.01. The number of ether oxygens (including phenoxy) is 1. The summed E-state index contributed by atoms with van der Waals surface area (Å²) in [4.78, 5) is 40.7. The lowest BCUT2D eigenvalue weighted by Gasteiger charge is -2.11. The molecular weight excluding hydrogens is 352 g/mol. The average Bonchev–Trinajstić information content (AvgIpc) is 3.14. The number of nitrogens with zero attached hydrogens (tertiary/aromatic N) is 2. The highest BCUT2D eigenvalue weighted by Gasteiger charge is 2.38. The zero-order valence-electron chi connectivity index (χ0n) is 14.3. The van der Waals surface area contributed by atoms with E-state index in [0.29, 0.717) is 16.5 Å². The van der Waals surface area contributed by atoms with Crippen molar-refractivity contribution in [2.45, 2.75) is 19.8 Å². The molecule has 2 aromatic heterocycles. The Labute approximate surface area is 153 Å². The Kier molecular flexibility index (Phi) is 3.88. The molecule has 27 heavy (non-hydrogen) atoms. The van der Waals surface area contributed by atoms with Crippen molar-refractivity contribution >= 4 is 34.6 Å². The lowest BCUT2D eigenvalue weighted by Crippen LogP contribution is -2.28. The Morgan fingerprint density at radius 1 is 1.19 bits per heavy atom. The molecule has 3 heterocycles. The van der Waals surface area contributed by atoms with Gasteiger partial charge in [-0.05, 0) is 12.1 Å². The number of hydrogen-bond acceptors (Lipinski definition) is 7. The van der Waals surface area contributed by atoms with Gasteiger partial charge in [0.1, 0.15) is 0 Å². The molecule has 8 nitrogen and oxygen atoms in total. The van der Waals surface area contributed by atoms with E-state index in [4.69, 9.17) is 9.15 Å². The fourth-order valence-electron chi connectivity index (χ4n) is 3.06. The molecule has 0 saturated carbocycles. The summed E-state index contributed by atoms with van der Waals surface area (Å²) in [6.07, 6.45) is 1.58. The van der Waals surface area contributed by atoms with E-state index in [0.717, 1.165) is 11.8 Å². The Balaban J connectivity index is 1.95. The monoisotopic (exact) mass is 366 g/mol. The Bertz CT molecular complexity index is 1080. The number of anilines is 1. The standard InChI is InChI=1S/C19H14N2O6/c1-10(22)26-18-16(25)17(27-19(18)21-14(23)6-7-15(21)24)12-8-9-20-13-5-3-2-4-11(12)13/h2-5,8-9,25H,6-7H2,1H3. The number of para-hydroxylation sites is 1. The molecule has 4 rings (SSSR count). The molecule has 1 N–H and O–H groups in total. The Hall–Kier alpha value is -3.68. The summed E-state index contributed by atoms with van der Waals surface area (Å²) in [5.74, 6) is -2.86. The van der Waals surface area contributed by atoms with Crippen LogP contribution in [0.15, 0.2) is 40.9 Å². The van der Waals surface area contributed by atoms with Crippen LogP contribution in [0.1, 0.15) is 19.8 Å². The molecule has 136 valence electrons. The van der Waals surface area contributed by atoms with E-state index in [9.17, 15) is 19.5 Å². The van der Waals surface area contributed by atoms with Crippen LogP contribution < -0.4 is 9.64 Å². The summed E-state index contributed by atoms with van der Waals surface area (Å²) < 4.78 is 10.7. The van der Waals surface area contributed by atoms with Gasteiger partial charge in [0.2, 0.25) is 23.3 Å². The number of fused-ring (bicyclic) bond motifs is 1. The summed E-state index contributed by atoms with van der Waals surface area (Å²) in [6, 6.07) is 8.82. The van der Waals surface area contributed by atoms with Gasteiger partial charge in [0.25, 0.3) is 5.88 Å². The number of carbonyl (C=O) groups is 3. The maximum atomic E-state index is 12.1. The van der Waals surface area contributed by atoms with Crippen molar-refractivity contribution in [2.75, 3.05) is 4.90 Å². The highest BCUT2D eigenvalue weighted by atomic mass is 16.6. The molecule has 3 aromatic rings. The lowest BCUT2D eigenvalue weighted by atomic mass is 10.1. The fourth-order valence-corrected chi connectivity index (χ4v) is 3.06. The van der Waals surface area contributed by atoms with Gasteiger partial charge in [-0.3, -0.25) is 19.4 Å². The molecule has 1 saturated heterocycles. The number of pyridine rings is 1. The first-order chi connectivity index (χ1) is 13.0. The quantitative estimate of drug-likeness (QED) is 0.560. The third-order valence-corrected chi connectivity index (χ3v) is 4.22. The van der Waals surface area contributed by atoms with Crippen LogP contribution in [0.2, 0.25) is 0 Å². The van der Waals surface area contributed by atoms with E-state index in [1.54, 1.807) is 24.3 Å². The Morgan fingerprint density at radius 3 is 2.59 bits per heavy atom. The minimum atomic E-state index is -0.724. The minimum absolute atomic E-state index is 0.0210. The molecule has 0 bridgehead atoms. The number of carbonyl (C=O) groups excluding carboxylic acids is 3. The van der Waals surface area contributed by atoms with Crippen LogP contribution in [0.3, 0.4) is 0 Å². The van der Waals surface area contributed by atoms with Crippen molar-refractivity contribution in [3.05, 3.63) is 36.5 Å². The van der Waals surface area contributed by atoms with E-state index >= 15 is 0 Å². The summed E-state index contributed by atoms with van der Waals surface area (Å²) in [6.45, 7) is 1.14. The number of benzene rings is 1. The highest BCUT2D eigenvalue weighted by Crippen LogP contribution is 2.49. The molecule has 8 heteroatoms. The summed E-state index contributed by atoms with van der Waals surface area (Å²) >= 11 is 0. The van der Waals surface area contributed by atoms with E-state index in [2.05, 4.69) is 4.98 Å². The van der Waals surface area contributed by atoms with Crippen LogP contribution in [0.4, 0.5) is 5.88 Å². The first-order valence-corrected chi connectivity index (χ1v) is 8.21. The number of hydrogen-bond donors (Lipinski definition) is 1. The number of imide groups is 1. The molecule has 1 fully saturated rings. The van der Waals surface area contributed by atoms with E-state index in [1.807, 2.05) is 6.07 Å². The zero-order valence-corrected chi connectivity index (χ0v) is 14.3. The van der Waals surface area contributed by atoms with E-state index < -0.39 is 23.5 Å². The summed E-state index contributed by atoms with van der Waals surface area (Å²) in [5, 5.41) is 11.3. The molecule has 0 unspecified atom stereocenters. The third-order valence-electron chi connectivity index (χ3n) is 4.22. The van der Waals surface area contributed by atoms with Crippen LogP contribution in [0.5, 0.6) is 11.5 Å². The number of aromatic nitrogens is 1. The first kappa shape index (κ1) is 16.8. The number of furan rings is 1. The van der Waals surface area contributed by atoms with Crippen LogP contribution in [0.25, 0.3) is 22.2 Å². The van der Waals surface area contributed by atoms with Gasteiger partial charge in [0, 0.05) is 36.9 Å². The molecule has 1 aromatic carbocycles. The third kappa shape index (κ3) is 2.71.